The van der Waals surface area contributed by atoms with Crippen LogP contribution in [0, 0.1) is 0 Å². The molecule has 2 heteroatoms. The molecule has 0 aliphatic heterocycles. The van der Waals surface area contributed by atoms with E-state index in [1.807, 2.05) is 19.1 Å². The van der Waals surface area contributed by atoms with Crippen LogP contribution in [0.25, 0.3) is 16.0 Å². The van der Waals surface area contributed by atoms with Gasteiger partial charge in [0.1, 0.15) is 5.75 Å². The quantitative estimate of drug-likeness (QED) is 0.757. The molecule has 92 valence electrons. The van der Waals surface area contributed by atoms with Crippen LogP contribution in [0.1, 0.15) is 18.7 Å². The molecular weight excluding hydrogens is 240 g/mol. The third-order valence-corrected chi connectivity index (χ3v) is 3.88. The molecule has 2 aromatic rings. The van der Waals surface area contributed by atoms with Crippen LogP contribution in [0.3, 0.4) is 0 Å². The molecule has 0 bridgehead atoms. The number of aromatic hydroxyl groups is 1. The van der Waals surface area contributed by atoms with E-state index in [1.54, 1.807) is 23.5 Å². The molecule has 0 fully saturated rings. The van der Waals surface area contributed by atoms with Crippen molar-refractivity contribution in [2.75, 3.05) is 0 Å². The molecule has 0 saturated carbocycles. The van der Waals surface area contributed by atoms with Crippen LogP contribution in [0.2, 0.25) is 0 Å². The molecule has 1 nitrogen and oxygen atoms in total. The highest BCUT2D eigenvalue weighted by atomic mass is 32.1. The van der Waals surface area contributed by atoms with Gasteiger partial charge < -0.3 is 5.11 Å². The van der Waals surface area contributed by atoms with Gasteiger partial charge in [-0.15, -0.1) is 11.3 Å². The summed E-state index contributed by atoms with van der Waals surface area (Å²) < 4.78 is 0. The fourth-order valence-electron chi connectivity index (χ4n) is 1.77. The fraction of sp³-hybridized carbons (Fsp3) is 0.125. The molecule has 1 heterocycles. The lowest BCUT2D eigenvalue weighted by Crippen LogP contribution is -1.71. The highest BCUT2D eigenvalue weighted by molar-refractivity contribution is 7.16. The Kier molecular flexibility index (Phi) is 4.00. The van der Waals surface area contributed by atoms with Crippen LogP contribution in [-0.2, 0) is 0 Å². The first-order valence-corrected chi connectivity index (χ1v) is 6.75. The second kappa shape index (κ2) is 5.69. The van der Waals surface area contributed by atoms with Gasteiger partial charge in [0.2, 0.25) is 0 Å². The van der Waals surface area contributed by atoms with E-state index in [9.17, 15) is 5.11 Å². The van der Waals surface area contributed by atoms with Crippen LogP contribution < -0.4 is 0 Å². The Morgan fingerprint density at radius 1 is 1.06 bits per heavy atom. The van der Waals surface area contributed by atoms with Crippen molar-refractivity contribution in [2.45, 2.75) is 13.8 Å². The van der Waals surface area contributed by atoms with Gasteiger partial charge in [0.05, 0.1) is 0 Å². The number of benzene rings is 1. The summed E-state index contributed by atoms with van der Waals surface area (Å²) in [7, 11) is 0. The summed E-state index contributed by atoms with van der Waals surface area (Å²) in [6.07, 6.45) is 6.29. The van der Waals surface area contributed by atoms with E-state index in [2.05, 4.69) is 37.3 Å². The van der Waals surface area contributed by atoms with Crippen LogP contribution in [-0.4, -0.2) is 5.11 Å². The number of hydrogen-bond acceptors (Lipinski definition) is 2. The zero-order chi connectivity index (χ0) is 13.0. The molecule has 1 aromatic carbocycles. The van der Waals surface area contributed by atoms with Crippen molar-refractivity contribution in [1.29, 1.82) is 0 Å². The van der Waals surface area contributed by atoms with E-state index in [0.717, 1.165) is 5.56 Å². The number of thiophene rings is 1. The van der Waals surface area contributed by atoms with Crippen molar-refractivity contribution in [3.8, 4) is 16.2 Å². The third kappa shape index (κ3) is 2.71. The van der Waals surface area contributed by atoms with Gasteiger partial charge in [-0.3, -0.25) is 0 Å². The van der Waals surface area contributed by atoms with Crippen molar-refractivity contribution in [2.24, 2.45) is 0 Å². The molecule has 0 amide bonds. The number of rotatable bonds is 3. The first-order valence-electron chi connectivity index (χ1n) is 5.93. The van der Waals surface area contributed by atoms with Gasteiger partial charge in [0.15, 0.2) is 0 Å². The maximum Gasteiger partial charge on any atom is 0.115 e. The first-order chi connectivity index (χ1) is 8.74. The second-order valence-corrected chi connectivity index (χ2v) is 5.04. The van der Waals surface area contributed by atoms with E-state index >= 15 is 0 Å². The van der Waals surface area contributed by atoms with E-state index in [1.165, 1.54) is 15.3 Å². The van der Waals surface area contributed by atoms with Crippen molar-refractivity contribution >= 4 is 16.9 Å². The Balaban J connectivity index is 2.33. The number of allylic oxidation sites excluding steroid dienone is 4. The lowest BCUT2D eigenvalue weighted by molar-refractivity contribution is 0.475. The standard InChI is InChI=1S/C16H16OS/c1-3-5-12(4-2)15-10-11-16(18-15)13-6-8-14(17)9-7-13/h3-11,17H,1-2H3/b5-3-,12-4+. The van der Waals surface area contributed by atoms with Crippen molar-refractivity contribution < 1.29 is 5.11 Å². The molecule has 1 aromatic heterocycles. The Morgan fingerprint density at radius 3 is 2.39 bits per heavy atom. The minimum atomic E-state index is 0.304. The van der Waals surface area contributed by atoms with Gasteiger partial charge in [-0.1, -0.05) is 18.2 Å². The summed E-state index contributed by atoms with van der Waals surface area (Å²) in [5, 5.41) is 9.29. The van der Waals surface area contributed by atoms with E-state index in [4.69, 9.17) is 0 Å². The summed E-state index contributed by atoms with van der Waals surface area (Å²) in [6, 6.07) is 11.6. The summed E-state index contributed by atoms with van der Waals surface area (Å²) >= 11 is 1.76. The Bertz CT molecular complexity index is 573. The first kappa shape index (κ1) is 12.7. The molecule has 18 heavy (non-hydrogen) atoms. The summed E-state index contributed by atoms with van der Waals surface area (Å²) in [5.41, 5.74) is 2.38. The predicted octanol–water partition coefficient (Wildman–Crippen LogP) is 5.10. The van der Waals surface area contributed by atoms with Gasteiger partial charge in [-0.05, 0) is 61.4 Å². The van der Waals surface area contributed by atoms with Crippen LogP contribution in [0.4, 0.5) is 0 Å². The molecule has 0 aliphatic rings. The largest absolute Gasteiger partial charge is 0.508 e. The van der Waals surface area contributed by atoms with Gasteiger partial charge in [0, 0.05) is 9.75 Å². The molecule has 0 aliphatic carbocycles. The van der Waals surface area contributed by atoms with E-state index < -0.39 is 0 Å². The van der Waals surface area contributed by atoms with Crippen LogP contribution in [0.5, 0.6) is 5.75 Å². The maximum atomic E-state index is 9.29. The Labute approximate surface area is 112 Å². The van der Waals surface area contributed by atoms with Gasteiger partial charge in [0.25, 0.3) is 0 Å². The average molecular weight is 256 g/mol. The predicted molar refractivity (Wildman–Crippen MR) is 79.9 cm³/mol. The van der Waals surface area contributed by atoms with Crippen molar-refractivity contribution in [3.05, 3.63) is 59.5 Å². The highest BCUT2D eigenvalue weighted by Crippen LogP contribution is 2.33. The van der Waals surface area contributed by atoms with Crippen LogP contribution >= 0.6 is 11.3 Å². The molecule has 0 saturated heterocycles. The second-order valence-electron chi connectivity index (χ2n) is 3.95. The smallest absolute Gasteiger partial charge is 0.115 e. The summed E-state index contributed by atoms with van der Waals surface area (Å²) in [5.74, 6) is 0.304. The van der Waals surface area contributed by atoms with Crippen molar-refractivity contribution in [1.82, 2.24) is 0 Å². The Morgan fingerprint density at radius 2 is 1.78 bits per heavy atom. The minimum absolute atomic E-state index is 0.304. The normalized spacial score (nSPS) is 12.2. The molecule has 0 atom stereocenters. The molecule has 2 rings (SSSR count). The fourth-order valence-corrected chi connectivity index (χ4v) is 2.84. The number of phenols is 1. The number of phenolic OH excluding ortho intramolecular Hbond substituents is 1. The van der Waals surface area contributed by atoms with E-state index in [0.29, 0.717) is 5.75 Å². The van der Waals surface area contributed by atoms with E-state index in [-0.39, 0.29) is 0 Å². The zero-order valence-electron chi connectivity index (χ0n) is 10.6. The molecular formula is C16H16OS. The van der Waals surface area contributed by atoms with Gasteiger partial charge >= 0.3 is 0 Å². The third-order valence-electron chi connectivity index (χ3n) is 2.70. The number of hydrogen-bond donors (Lipinski definition) is 1. The SMILES string of the molecule is C/C=C\C(=C/C)c1ccc(-c2ccc(O)cc2)s1. The zero-order valence-corrected chi connectivity index (χ0v) is 11.4. The summed E-state index contributed by atoms with van der Waals surface area (Å²) in [6.45, 7) is 4.08. The van der Waals surface area contributed by atoms with Gasteiger partial charge in [-0.25, -0.2) is 0 Å². The average Bonchev–Trinajstić information content (AvgIpc) is 2.86. The maximum absolute atomic E-state index is 9.29. The highest BCUT2D eigenvalue weighted by Gasteiger charge is 2.04. The topological polar surface area (TPSA) is 20.2 Å². The molecule has 1 N–H and O–H groups in total. The molecule has 0 unspecified atom stereocenters. The van der Waals surface area contributed by atoms with Gasteiger partial charge in [-0.2, -0.15) is 0 Å². The monoisotopic (exact) mass is 256 g/mol. The van der Waals surface area contributed by atoms with Crippen molar-refractivity contribution in [3.63, 3.8) is 0 Å². The molecule has 0 radical (unpaired) electrons. The minimum Gasteiger partial charge on any atom is -0.508 e. The lowest BCUT2D eigenvalue weighted by atomic mass is 10.1. The summed E-state index contributed by atoms with van der Waals surface area (Å²) in [4.78, 5) is 2.48. The van der Waals surface area contributed by atoms with Crippen LogP contribution in [0.15, 0.2) is 54.6 Å². The Hall–Kier alpha value is -1.80. The lowest BCUT2D eigenvalue weighted by Gasteiger charge is -1.98. The molecule has 0 spiro atoms.